The van der Waals surface area contributed by atoms with Gasteiger partial charge < -0.3 is 14.6 Å². The number of ether oxygens (including phenoxy) is 2. The van der Waals surface area contributed by atoms with Crippen molar-refractivity contribution in [1.82, 2.24) is 4.72 Å². The molecule has 2 aromatic carbocycles. The summed E-state index contributed by atoms with van der Waals surface area (Å²) in [6.07, 6.45) is -1.000. The van der Waals surface area contributed by atoms with Crippen LogP contribution >= 0.6 is 0 Å². The van der Waals surface area contributed by atoms with E-state index in [4.69, 9.17) is 9.47 Å². The fraction of sp³-hybridized carbons (Fsp3) is 0.316. The normalized spacial score (nSPS) is 26.1. The van der Waals surface area contributed by atoms with Crippen molar-refractivity contribution < 1.29 is 27.8 Å². The first-order valence-electron chi connectivity index (χ1n) is 8.60. The van der Waals surface area contributed by atoms with Gasteiger partial charge in [0.15, 0.2) is 11.5 Å². The molecule has 0 unspecified atom stereocenters. The lowest BCUT2D eigenvalue weighted by Gasteiger charge is -2.22. The number of hydrogen-bond donors (Lipinski definition) is 2. The van der Waals surface area contributed by atoms with Gasteiger partial charge in [-0.15, -0.1) is 0 Å². The predicted octanol–water partition coefficient (Wildman–Crippen LogP) is 1.57. The molecule has 27 heavy (non-hydrogen) atoms. The van der Waals surface area contributed by atoms with Gasteiger partial charge in [-0.2, -0.15) is 0 Å². The van der Waals surface area contributed by atoms with Crippen molar-refractivity contribution in [3.8, 4) is 11.5 Å². The second kappa shape index (κ2) is 6.63. The summed E-state index contributed by atoms with van der Waals surface area (Å²) in [5.74, 6) is -0.110. The number of fused-ring (bicyclic) bond motifs is 3. The maximum absolute atomic E-state index is 12.7. The van der Waals surface area contributed by atoms with Crippen molar-refractivity contribution in [2.45, 2.75) is 42.4 Å². The highest BCUT2D eigenvalue weighted by Crippen LogP contribution is 2.51. The number of sulfonamides is 1. The number of aliphatic hydroxyl groups is 1. The van der Waals surface area contributed by atoms with Crippen LogP contribution in [0.4, 0.5) is 0 Å². The molecule has 1 fully saturated rings. The van der Waals surface area contributed by atoms with Crippen LogP contribution in [0.3, 0.4) is 0 Å². The second-order valence-corrected chi connectivity index (χ2v) is 8.43. The van der Waals surface area contributed by atoms with Crippen molar-refractivity contribution >= 4 is 16.0 Å². The first kappa shape index (κ1) is 18.0. The zero-order valence-corrected chi connectivity index (χ0v) is 15.3. The van der Waals surface area contributed by atoms with Gasteiger partial charge in [0.05, 0.1) is 17.0 Å². The summed E-state index contributed by atoms with van der Waals surface area (Å²) >= 11 is 0. The summed E-state index contributed by atoms with van der Waals surface area (Å²) in [5.41, 5.74) is 0.719. The van der Waals surface area contributed by atoms with E-state index in [0.29, 0.717) is 11.5 Å². The third kappa shape index (κ3) is 3.20. The summed E-state index contributed by atoms with van der Waals surface area (Å²) in [6.45, 7) is 1.30. The molecule has 1 aliphatic heterocycles. The molecule has 4 rings (SSSR count). The number of carbonyl (C=O) groups excluding carboxylic acids is 1. The van der Waals surface area contributed by atoms with E-state index in [-0.39, 0.29) is 17.2 Å². The summed E-state index contributed by atoms with van der Waals surface area (Å²) in [6, 6.07) is 12.4. The molecule has 0 bridgehead atoms. The maximum Gasteiger partial charge on any atom is 0.308 e. The monoisotopic (exact) mass is 389 g/mol. The first-order valence-corrected chi connectivity index (χ1v) is 10.1. The molecule has 1 aliphatic carbocycles. The fourth-order valence-corrected chi connectivity index (χ4v) is 5.14. The molecule has 2 N–H and O–H groups in total. The number of benzene rings is 2. The Hall–Kier alpha value is -2.42. The van der Waals surface area contributed by atoms with E-state index in [9.17, 15) is 18.3 Å². The number of para-hydroxylation sites is 1. The SMILES string of the molecule is CC(=O)Oc1cccc2c1O[C@H]1C[C@@H](O)[C@H](NS(=O)(=O)c3ccccc3)[C@@H]21. The van der Waals surface area contributed by atoms with E-state index in [2.05, 4.69) is 4.72 Å². The number of esters is 1. The topological polar surface area (TPSA) is 102 Å². The van der Waals surface area contributed by atoms with Crippen molar-refractivity contribution in [2.75, 3.05) is 0 Å². The van der Waals surface area contributed by atoms with E-state index >= 15 is 0 Å². The minimum atomic E-state index is -3.80. The molecule has 0 saturated heterocycles. The lowest BCUT2D eigenvalue weighted by atomic mass is 9.94. The number of nitrogens with one attached hydrogen (secondary N) is 1. The minimum absolute atomic E-state index is 0.133. The van der Waals surface area contributed by atoms with Crippen LogP contribution in [-0.4, -0.2) is 37.7 Å². The third-order valence-corrected chi connectivity index (χ3v) is 6.39. The van der Waals surface area contributed by atoms with Gasteiger partial charge in [-0.3, -0.25) is 4.79 Å². The zero-order chi connectivity index (χ0) is 19.2. The summed E-state index contributed by atoms with van der Waals surface area (Å²) in [4.78, 5) is 11.4. The van der Waals surface area contributed by atoms with Gasteiger partial charge in [-0.1, -0.05) is 30.3 Å². The Labute approximate surface area is 157 Å². The maximum atomic E-state index is 12.7. The van der Waals surface area contributed by atoms with Gasteiger partial charge >= 0.3 is 5.97 Å². The van der Waals surface area contributed by atoms with Crippen LogP contribution in [0.1, 0.15) is 24.8 Å². The van der Waals surface area contributed by atoms with Crippen LogP contribution in [0.25, 0.3) is 0 Å². The highest BCUT2D eigenvalue weighted by molar-refractivity contribution is 7.89. The molecule has 1 saturated carbocycles. The second-order valence-electron chi connectivity index (χ2n) is 6.71. The highest BCUT2D eigenvalue weighted by atomic mass is 32.2. The molecular formula is C19H19NO6S. The highest BCUT2D eigenvalue weighted by Gasteiger charge is 2.51. The summed E-state index contributed by atoms with van der Waals surface area (Å²) < 4.78 is 39.2. The van der Waals surface area contributed by atoms with Crippen molar-refractivity contribution in [2.24, 2.45) is 0 Å². The Kier molecular flexibility index (Phi) is 4.41. The first-order chi connectivity index (χ1) is 12.9. The van der Waals surface area contributed by atoms with Crippen LogP contribution in [0.5, 0.6) is 11.5 Å². The van der Waals surface area contributed by atoms with E-state index in [1.165, 1.54) is 19.1 Å². The largest absolute Gasteiger partial charge is 0.485 e. The molecule has 8 heteroatoms. The van der Waals surface area contributed by atoms with Crippen molar-refractivity contribution in [3.05, 3.63) is 54.1 Å². The standard InChI is InChI=1S/C19H19NO6S/c1-11(21)25-15-9-5-8-13-17-16(26-19(13)15)10-14(22)18(17)20-27(23,24)12-6-3-2-4-7-12/h2-9,14,16-18,20,22H,10H2,1H3/t14-,16+,17+,18+/m1/s1. The Morgan fingerprint density at radius 3 is 2.63 bits per heavy atom. The molecule has 142 valence electrons. The molecule has 4 atom stereocenters. The Morgan fingerprint density at radius 1 is 1.19 bits per heavy atom. The smallest absolute Gasteiger partial charge is 0.308 e. The van der Waals surface area contributed by atoms with Gasteiger partial charge in [0.1, 0.15) is 6.10 Å². The van der Waals surface area contributed by atoms with Gasteiger partial charge in [0.2, 0.25) is 10.0 Å². The lowest BCUT2D eigenvalue weighted by molar-refractivity contribution is -0.132. The van der Waals surface area contributed by atoms with Crippen molar-refractivity contribution in [1.29, 1.82) is 0 Å². The van der Waals surface area contributed by atoms with E-state index in [1.54, 1.807) is 36.4 Å². The van der Waals surface area contributed by atoms with Gasteiger partial charge in [-0.25, -0.2) is 13.1 Å². The average molecular weight is 389 g/mol. The summed E-state index contributed by atoms with van der Waals surface area (Å²) in [5, 5.41) is 10.5. The summed E-state index contributed by atoms with van der Waals surface area (Å²) in [7, 11) is -3.80. The predicted molar refractivity (Wildman–Crippen MR) is 96.1 cm³/mol. The van der Waals surface area contributed by atoms with Crippen LogP contribution in [0.15, 0.2) is 53.4 Å². The molecule has 0 aromatic heterocycles. The number of rotatable bonds is 4. The quantitative estimate of drug-likeness (QED) is 0.608. The molecule has 0 radical (unpaired) electrons. The fourth-order valence-electron chi connectivity index (χ4n) is 3.82. The van der Waals surface area contributed by atoms with Crippen LogP contribution in [0, 0.1) is 0 Å². The number of hydrogen-bond acceptors (Lipinski definition) is 6. The molecule has 2 aliphatic rings. The van der Waals surface area contributed by atoms with Crippen LogP contribution in [0.2, 0.25) is 0 Å². The third-order valence-electron chi connectivity index (χ3n) is 4.91. The van der Waals surface area contributed by atoms with Gasteiger partial charge in [0.25, 0.3) is 0 Å². The Balaban J connectivity index is 1.67. The molecule has 0 spiro atoms. The van der Waals surface area contributed by atoms with Crippen molar-refractivity contribution in [3.63, 3.8) is 0 Å². The Morgan fingerprint density at radius 2 is 1.93 bits per heavy atom. The van der Waals surface area contributed by atoms with E-state index in [1.807, 2.05) is 0 Å². The van der Waals surface area contributed by atoms with Crippen LogP contribution in [-0.2, 0) is 14.8 Å². The lowest BCUT2D eigenvalue weighted by Crippen LogP contribution is -2.43. The number of carbonyl (C=O) groups is 1. The molecular weight excluding hydrogens is 370 g/mol. The zero-order valence-electron chi connectivity index (χ0n) is 14.5. The molecule has 2 aromatic rings. The molecule has 0 amide bonds. The number of aliphatic hydroxyl groups excluding tert-OH is 1. The minimum Gasteiger partial charge on any atom is -0.485 e. The van der Waals surface area contributed by atoms with Crippen LogP contribution < -0.4 is 14.2 Å². The van der Waals surface area contributed by atoms with Gasteiger partial charge in [0, 0.05) is 24.8 Å². The molecule has 1 heterocycles. The van der Waals surface area contributed by atoms with Gasteiger partial charge in [-0.05, 0) is 18.2 Å². The average Bonchev–Trinajstić information content (AvgIpc) is 3.12. The Bertz CT molecular complexity index is 975. The van der Waals surface area contributed by atoms with E-state index < -0.39 is 34.2 Å². The van der Waals surface area contributed by atoms with E-state index in [0.717, 1.165) is 5.56 Å². The molecule has 7 nitrogen and oxygen atoms in total.